The van der Waals surface area contributed by atoms with E-state index < -0.39 is 0 Å². The lowest BCUT2D eigenvalue weighted by atomic mass is 10.1. The molecule has 0 bridgehead atoms. The van der Waals surface area contributed by atoms with Gasteiger partial charge < -0.3 is 15.5 Å². The van der Waals surface area contributed by atoms with E-state index in [1.54, 1.807) is 20.0 Å². The summed E-state index contributed by atoms with van der Waals surface area (Å²) in [6, 6.07) is 5.18. The second-order valence-electron chi connectivity index (χ2n) is 5.84. The van der Waals surface area contributed by atoms with E-state index in [0.717, 1.165) is 31.0 Å². The number of aliphatic imine (C=N–C) groups is 1. The zero-order chi connectivity index (χ0) is 15.8. The molecule has 1 aromatic carbocycles. The Labute approximate surface area is 156 Å². The van der Waals surface area contributed by atoms with Crippen LogP contribution in [0.3, 0.4) is 0 Å². The summed E-state index contributed by atoms with van der Waals surface area (Å²) in [4.78, 5) is 6.73. The molecule has 23 heavy (non-hydrogen) atoms. The first-order valence-corrected chi connectivity index (χ1v) is 8.11. The minimum atomic E-state index is -0.159. The number of nitrogens with zero attached hydrogens (tertiary/aromatic N) is 2. The fourth-order valence-corrected chi connectivity index (χ4v) is 2.74. The van der Waals surface area contributed by atoms with E-state index in [4.69, 9.17) is 0 Å². The van der Waals surface area contributed by atoms with Gasteiger partial charge in [0.25, 0.3) is 0 Å². The first-order valence-electron chi connectivity index (χ1n) is 8.11. The highest BCUT2D eigenvalue weighted by Crippen LogP contribution is 2.09. The molecular weight excluding hydrogens is 406 g/mol. The highest BCUT2D eigenvalue weighted by molar-refractivity contribution is 14.0. The van der Waals surface area contributed by atoms with Gasteiger partial charge in [-0.15, -0.1) is 24.0 Å². The van der Waals surface area contributed by atoms with Gasteiger partial charge in [-0.1, -0.05) is 12.1 Å². The molecule has 0 saturated carbocycles. The van der Waals surface area contributed by atoms with Crippen molar-refractivity contribution in [2.24, 2.45) is 4.99 Å². The second-order valence-corrected chi connectivity index (χ2v) is 5.84. The fourth-order valence-electron chi connectivity index (χ4n) is 2.74. The Morgan fingerprint density at radius 3 is 2.65 bits per heavy atom. The highest BCUT2D eigenvalue weighted by Gasteiger charge is 2.10. The van der Waals surface area contributed by atoms with Crippen molar-refractivity contribution in [1.29, 1.82) is 0 Å². The monoisotopic (exact) mass is 434 g/mol. The van der Waals surface area contributed by atoms with Gasteiger partial charge >= 0.3 is 0 Å². The van der Waals surface area contributed by atoms with E-state index in [1.165, 1.54) is 32.0 Å². The van der Waals surface area contributed by atoms with Crippen LogP contribution in [0.2, 0.25) is 0 Å². The lowest BCUT2D eigenvalue weighted by Crippen LogP contribution is -2.38. The van der Waals surface area contributed by atoms with Crippen molar-refractivity contribution in [2.75, 3.05) is 33.2 Å². The minimum Gasteiger partial charge on any atom is -0.356 e. The van der Waals surface area contributed by atoms with Crippen molar-refractivity contribution in [2.45, 2.75) is 32.7 Å². The van der Waals surface area contributed by atoms with Crippen molar-refractivity contribution < 1.29 is 4.39 Å². The minimum absolute atomic E-state index is 0. The summed E-state index contributed by atoms with van der Waals surface area (Å²) in [5, 5.41) is 6.59. The Bertz CT molecular complexity index is 501. The summed E-state index contributed by atoms with van der Waals surface area (Å²) < 4.78 is 13.2. The highest BCUT2D eigenvalue weighted by atomic mass is 127. The maximum atomic E-state index is 13.2. The molecule has 1 saturated heterocycles. The van der Waals surface area contributed by atoms with Crippen molar-refractivity contribution in [3.63, 3.8) is 0 Å². The Hall–Kier alpha value is -0.890. The predicted molar refractivity (Wildman–Crippen MR) is 105 cm³/mol. The zero-order valence-corrected chi connectivity index (χ0v) is 16.4. The molecule has 0 aliphatic carbocycles. The largest absolute Gasteiger partial charge is 0.356 e. The lowest BCUT2D eigenvalue weighted by Gasteiger charge is -2.16. The predicted octanol–water partition coefficient (Wildman–Crippen LogP) is 2.90. The fraction of sp³-hybridized carbons (Fsp3) is 0.588. The molecule has 0 unspecified atom stereocenters. The first-order chi connectivity index (χ1) is 10.7. The van der Waals surface area contributed by atoms with Crippen LogP contribution in [0.25, 0.3) is 0 Å². The molecule has 0 amide bonds. The molecule has 2 rings (SSSR count). The number of hydrogen-bond donors (Lipinski definition) is 2. The van der Waals surface area contributed by atoms with Crippen LogP contribution >= 0.6 is 24.0 Å². The van der Waals surface area contributed by atoms with Crippen molar-refractivity contribution >= 4 is 29.9 Å². The molecular formula is C17H28FIN4. The van der Waals surface area contributed by atoms with Crippen molar-refractivity contribution in [1.82, 2.24) is 15.5 Å². The average molecular weight is 434 g/mol. The molecule has 0 aromatic heterocycles. The Kier molecular flexibility index (Phi) is 9.47. The van der Waals surface area contributed by atoms with Crippen LogP contribution in [-0.2, 0) is 6.54 Å². The molecule has 1 fully saturated rings. The van der Waals surface area contributed by atoms with Crippen molar-refractivity contribution in [3.05, 3.63) is 35.1 Å². The van der Waals surface area contributed by atoms with Crippen LogP contribution in [0.15, 0.2) is 23.2 Å². The van der Waals surface area contributed by atoms with Crippen LogP contribution in [0.1, 0.15) is 30.4 Å². The van der Waals surface area contributed by atoms with E-state index in [0.29, 0.717) is 12.1 Å². The average Bonchev–Trinajstić information content (AvgIpc) is 3.03. The number of guanidine groups is 1. The first kappa shape index (κ1) is 20.2. The standard InChI is InChI=1S/C17H27FN4.HI/c1-14-12-15(6-7-16(14)18)13-21-17(19-2)20-8-5-11-22-9-3-4-10-22;/h6-7,12H,3-5,8-11,13H2,1-2H3,(H2,19,20,21);1H. The molecule has 2 N–H and O–H groups in total. The van der Waals surface area contributed by atoms with E-state index >= 15 is 0 Å². The van der Waals surface area contributed by atoms with Gasteiger partial charge in [0, 0.05) is 20.1 Å². The molecule has 0 spiro atoms. The summed E-state index contributed by atoms with van der Waals surface area (Å²) >= 11 is 0. The smallest absolute Gasteiger partial charge is 0.191 e. The SMILES string of the molecule is CN=C(NCCCN1CCCC1)NCc1ccc(F)c(C)c1.I. The Morgan fingerprint density at radius 2 is 2.00 bits per heavy atom. The maximum absolute atomic E-state index is 13.2. The number of aryl methyl sites for hydroxylation is 1. The number of likely N-dealkylation sites (tertiary alicyclic amines) is 1. The van der Waals surface area contributed by atoms with Crippen LogP contribution < -0.4 is 10.6 Å². The zero-order valence-electron chi connectivity index (χ0n) is 14.1. The van der Waals surface area contributed by atoms with E-state index in [2.05, 4.69) is 20.5 Å². The van der Waals surface area contributed by atoms with E-state index in [1.807, 2.05) is 6.07 Å². The van der Waals surface area contributed by atoms with Gasteiger partial charge in [0.2, 0.25) is 0 Å². The molecule has 6 heteroatoms. The van der Waals surface area contributed by atoms with E-state index in [9.17, 15) is 4.39 Å². The van der Waals surface area contributed by atoms with Crippen LogP contribution in [0.5, 0.6) is 0 Å². The maximum Gasteiger partial charge on any atom is 0.191 e. The molecule has 130 valence electrons. The lowest BCUT2D eigenvalue weighted by molar-refractivity contribution is 0.334. The number of nitrogens with one attached hydrogen (secondary N) is 2. The van der Waals surface area contributed by atoms with Gasteiger partial charge in [0.05, 0.1) is 0 Å². The van der Waals surface area contributed by atoms with Crippen molar-refractivity contribution in [3.8, 4) is 0 Å². The molecule has 4 nitrogen and oxygen atoms in total. The van der Waals surface area contributed by atoms with Gasteiger partial charge in [0.1, 0.15) is 5.82 Å². The third-order valence-electron chi connectivity index (χ3n) is 4.05. The third kappa shape index (κ3) is 7.03. The topological polar surface area (TPSA) is 39.7 Å². The van der Waals surface area contributed by atoms with Gasteiger partial charge in [-0.3, -0.25) is 4.99 Å². The van der Waals surface area contributed by atoms with Gasteiger partial charge in [-0.25, -0.2) is 4.39 Å². The summed E-state index contributed by atoms with van der Waals surface area (Å²) in [6.07, 6.45) is 3.80. The molecule has 1 aliphatic heterocycles. The number of rotatable bonds is 6. The number of hydrogen-bond acceptors (Lipinski definition) is 2. The summed E-state index contributed by atoms with van der Waals surface area (Å²) in [5.74, 6) is 0.636. The Balaban J connectivity index is 0.00000264. The number of benzene rings is 1. The normalized spacial score (nSPS) is 15.3. The summed E-state index contributed by atoms with van der Waals surface area (Å²) in [7, 11) is 1.77. The summed E-state index contributed by atoms with van der Waals surface area (Å²) in [5.41, 5.74) is 1.73. The number of halogens is 2. The van der Waals surface area contributed by atoms with Gasteiger partial charge in [0.15, 0.2) is 5.96 Å². The van der Waals surface area contributed by atoms with Crippen LogP contribution in [0, 0.1) is 12.7 Å². The molecule has 1 aromatic rings. The Morgan fingerprint density at radius 1 is 1.26 bits per heavy atom. The third-order valence-corrected chi connectivity index (χ3v) is 4.05. The van der Waals surface area contributed by atoms with Crippen LogP contribution in [0.4, 0.5) is 4.39 Å². The molecule has 0 atom stereocenters. The quantitative estimate of drug-likeness (QED) is 0.313. The molecule has 1 aliphatic rings. The second kappa shape index (κ2) is 10.8. The van der Waals surface area contributed by atoms with Gasteiger partial charge in [-0.2, -0.15) is 0 Å². The van der Waals surface area contributed by atoms with E-state index in [-0.39, 0.29) is 29.8 Å². The molecule has 1 heterocycles. The van der Waals surface area contributed by atoms with Crippen LogP contribution in [-0.4, -0.2) is 44.1 Å². The molecule has 0 radical (unpaired) electrons. The summed E-state index contributed by atoms with van der Waals surface area (Å²) in [6.45, 7) is 6.99. The van der Waals surface area contributed by atoms with Gasteiger partial charge in [-0.05, 0) is 63.0 Å².